The molecule has 1 heterocycles. The molecule has 0 aromatic rings. The van der Waals surface area contributed by atoms with Gasteiger partial charge in [-0.1, -0.05) is 0 Å². The fourth-order valence-electron chi connectivity index (χ4n) is 0.654. The summed E-state index contributed by atoms with van der Waals surface area (Å²) in [5, 5.41) is 1.91. The topological polar surface area (TPSA) is 32.3 Å². The molecule has 0 aromatic carbocycles. The van der Waals surface area contributed by atoms with Crippen molar-refractivity contribution in [2.45, 2.75) is 0 Å². The molecule has 1 saturated heterocycles. The summed E-state index contributed by atoms with van der Waals surface area (Å²) in [5.41, 5.74) is 2.64. The minimum absolute atomic E-state index is 0.729. The van der Waals surface area contributed by atoms with E-state index in [-0.39, 0.29) is 0 Å². The highest BCUT2D eigenvalue weighted by atomic mass is 32.2. The Morgan fingerprint density at radius 3 is 2.40 bits per heavy atom. The van der Waals surface area contributed by atoms with Crippen LogP contribution in [-0.4, -0.2) is 34.7 Å². The van der Waals surface area contributed by atoms with Crippen molar-refractivity contribution in [1.29, 1.82) is 0 Å². The van der Waals surface area contributed by atoms with Gasteiger partial charge in [0.2, 0.25) is 6.41 Å². The number of nitrogens with zero attached hydrogens (tertiary/aromatic N) is 1. The molecule has 0 bridgehead atoms. The minimum Gasteiger partial charge on any atom is -0.290 e. The van der Waals surface area contributed by atoms with Gasteiger partial charge in [0.05, 0.1) is 11.8 Å². The van der Waals surface area contributed by atoms with Gasteiger partial charge in [0, 0.05) is 11.5 Å². The number of thioether (sulfide) groups is 2. The molecule has 0 aliphatic carbocycles. The average molecular weight is 178 g/mol. The molecule has 1 fully saturated rings. The third-order valence-corrected chi connectivity index (χ3v) is 3.33. The van der Waals surface area contributed by atoms with Gasteiger partial charge in [0.15, 0.2) is 0 Å². The lowest BCUT2D eigenvalue weighted by Crippen LogP contribution is -2.35. The Morgan fingerprint density at radius 2 is 1.90 bits per heavy atom. The van der Waals surface area contributed by atoms with Crippen molar-refractivity contribution in [3.05, 3.63) is 0 Å². The van der Waals surface area contributed by atoms with E-state index in [9.17, 15) is 4.79 Å². The highest BCUT2D eigenvalue weighted by molar-refractivity contribution is 8.03. The third-order valence-electron chi connectivity index (χ3n) is 1.10. The molecule has 1 amide bonds. The van der Waals surface area contributed by atoms with E-state index < -0.39 is 0 Å². The van der Waals surface area contributed by atoms with Crippen LogP contribution in [0.25, 0.3) is 0 Å². The van der Waals surface area contributed by atoms with Crippen molar-refractivity contribution in [2.75, 3.05) is 23.3 Å². The zero-order valence-electron chi connectivity index (χ0n) is 5.58. The van der Waals surface area contributed by atoms with Gasteiger partial charge in [-0.25, -0.2) is 5.01 Å². The van der Waals surface area contributed by atoms with E-state index in [1.165, 1.54) is 11.5 Å². The zero-order chi connectivity index (χ0) is 7.23. The first-order valence-electron chi connectivity index (χ1n) is 3.04. The Morgan fingerprint density at radius 1 is 1.30 bits per heavy atom. The summed E-state index contributed by atoms with van der Waals surface area (Å²) in [6.45, 7) is 0. The molecule has 58 valence electrons. The lowest BCUT2D eigenvalue weighted by molar-refractivity contribution is -0.113. The van der Waals surface area contributed by atoms with E-state index in [1.54, 1.807) is 0 Å². The number of hydrogen-bond acceptors (Lipinski definition) is 4. The standard InChI is InChI=1S/C5H10N2OS2/c8-3-6-7-4-9-1-2-10-5-7/h3H,1-2,4-5H2,(H,6,8). The van der Waals surface area contributed by atoms with E-state index >= 15 is 0 Å². The smallest absolute Gasteiger partial charge is 0.221 e. The summed E-state index contributed by atoms with van der Waals surface area (Å²) in [6, 6.07) is 0. The number of carbonyl (C=O) groups excluding carboxylic acids is 1. The molecule has 1 aliphatic heterocycles. The molecule has 10 heavy (non-hydrogen) atoms. The Balaban J connectivity index is 2.21. The Kier molecular flexibility index (Phi) is 4.01. The van der Waals surface area contributed by atoms with Crippen molar-refractivity contribution in [3.8, 4) is 0 Å². The van der Waals surface area contributed by atoms with Gasteiger partial charge in [0.1, 0.15) is 0 Å². The van der Waals surface area contributed by atoms with Gasteiger partial charge in [-0.15, -0.1) is 23.5 Å². The van der Waals surface area contributed by atoms with Crippen LogP contribution in [0.15, 0.2) is 0 Å². The van der Waals surface area contributed by atoms with Crippen LogP contribution in [0.4, 0.5) is 0 Å². The van der Waals surface area contributed by atoms with Gasteiger partial charge < -0.3 is 0 Å². The van der Waals surface area contributed by atoms with Crippen molar-refractivity contribution >= 4 is 29.9 Å². The summed E-state index contributed by atoms with van der Waals surface area (Å²) in [6.07, 6.45) is 0.729. The molecule has 3 nitrogen and oxygen atoms in total. The second kappa shape index (κ2) is 4.87. The number of rotatable bonds is 2. The number of amides is 1. The maximum atomic E-state index is 10.0. The predicted octanol–water partition coefficient (Wildman–Crippen LogP) is 0.344. The number of hydrogen-bond donors (Lipinski definition) is 1. The highest BCUT2D eigenvalue weighted by Gasteiger charge is 2.06. The monoisotopic (exact) mass is 178 g/mol. The van der Waals surface area contributed by atoms with Crippen molar-refractivity contribution in [1.82, 2.24) is 10.4 Å². The van der Waals surface area contributed by atoms with Gasteiger partial charge in [0.25, 0.3) is 0 Å². The van der Waals surface area contributed by atoms with Crippen LogP contribution in [0.2, 0.25) is 0 Å². The first kappa shape index (κ1) is 8.23. The first-order chi connectivity index (χ1) is 4.93. The molecule has 0 atom stereocenters. The molecule has 0 spiro atoms. The van der Waals surface area contributed by atoms with Gasteiger partial charge in [-0.3, -0.25) is 10.2 Å². The molecule has 1 rings (SSSR count). The number of hydrazine groups is 1. The largest absolute Gasteiger partial charge is 0.290 e. The number of carbonyl (C=O) groups is 1. The van der Waals surface area contributed by atoms with E-state index in [0.717, 1.165) is 18.2 Å². The van der Waals surface area contributed by atoms with Crippen LogP contribution in [-0.2, 0) is 4.79 Å². The van der Waals surface area contributed by atoms with E-state index in [2.05, 4.69) is 5.43 Å². The quantitative estimate of drug-likeness (QED) is 0.618. The first-order valence-corrected chi connectivity index (χ1v) is 5.34. The second-order valence-corrected chi connectivity index (χ2v) is 4.01. The Labute approximate surface area is 68.9 Å². The summed E-state index contributed by atoms with van der Waals surface area (Å²) in [7, 11) is 0. The van der Waals surface area contributed by atoms with Crippen LogP contribution in [0.3, 0.4) is 0 Å². The summed E-state index contributed by atoms with van der Waals surface area (Å²) >= 11 is 3.70. The predicted molar refractivity (Wildman–Crippen MR) is 45.7 cm³/mol. The van der Waals surface area contributed by atoms with E-state index in [0.29, 0.717) is 0 Å². The molecule has 0 saturated carbocycles. The second-order valence-electron chi connectivity index (χ2n) is 1.86. The van der Waals surface area contributed by atoms with E-state index in [4.69, 9.17) is 0 Å². The van der Waals surface area contributed by atoms with Crippen LogP contribution in [0.1, 0.15) is 0 Å². The SMILES string of the molecule is O=CNN1CSCCSC1. The van der Waals surface area contributed by atoms with Gasteiger partial charge >= 0.3 is 0 Å². The van der Waals surface area contributed by atoms with Crippen molar-refractivity contribution < 1.29 is 4.79 Å². The molecule has 5 heteroatoms. The molecule has 1 N–H and O–H groups in total. The lowest BCUT2D eigenvalue weighted by atomic mass is 11.0. The van der Waals surface area contributed by atoms with Crippen LogP contribution < -0.4 is 5.43 Å². The van der Waals surface area contributed by atoms with Crippen molar-refractivity contribution in [3.63, 3.8) is 0 Å². The molecule has 0 aromatic heterocycles. The highest BCUT2D eigenvalue weighted by Crippen LogP contribution is 2.14. The summed E-state index contributed by atoms with van der Waals surface area (Å²) < 4.78 is 0. The normalized spacial score (nSPS) is 21.6. The van der Waals surface area contributed by atoms with Crippen LogP contribution in [0.5, 0.6) is 0 Å². The minimum atomic E-state index is 0.729. The third kappa shape index (κ3) is 2.81. The fourth-order valence-corrected chi connectivity index (χ4v) is 2.74. The average Bonchev–Trinajstić information content (AvgIpc) is 2.17. The molecule has 0 unspecified atom stereocenters. The Hall–Kier alpha value is 0.130. The molecular weight excluding hydrogens is 168 g/mol. The molecular formula is C5H10N2OS2. The maximum Gasteiger partial charge on any atom is 0.221 e. The number of nitrogens with one attached hydrogen (secondary N) is 1. The van der Waals surface area contributed by atoms with Crippen LogP contribution >= 0.6 is 23.5 Å². The van der Waals surface area contributed by atoms with Gasteiger partial charge in [-0.2, -0.15) is 0 Å². The Bertz CT molecular complexity index is 104. The summed E-state index contributed by atoms with van der Waals surface area (Å²) in [5.74, 6) is 4.18. The maximum absolute atomic E-state index is 10.0. The van der Waals surface area contributed by atoms with Crippen LogP contribution in [0, 0.1) is 0 Å². The molecule has 1 aliphatic rings. The zero-order valence-corrected chi connectivity index (χ0v) is 7.21. The summed E-state index contributed by atoms with van der Waals surface area (Å²) in [4.78, 5) is 10.0. The van der Waals surface area contributed by atoms with Crippen molar-refractivity contribution in [2.24, 2.45) is 0 Å². The van der Waals surface area contributed by atoms with Gasteiger partial charge in [-0.05, 0) is 0 Å². The lowest BCUT2D eigenvalue weighted by Gasteiger charge is -2.15. The van der Waals surface area contributed by atoms with E-state index in [1.807, 2.05) is 28.5 Å². The fraction of sp³-hybridized carbons (Fsp3) is 0.800. The molecule has 0 radical (unpaired) electrons.